The molecule has 1 atom stereocenters. The second kappa shape index (κ2) is 3.12. The number of rotatable bonds is 2. The molecule has 0 aliphatic heterocycles. The van der Waals surface area contributed by atoms with Gasteiger partial charge in [-0.05, 0) is 12.1 Å². The molecule has 0 aliphatic carbocycles. The van der Waals surface area contributed by atoms with Crippen molar-refractivity contribution in [3.63, 3.8) is 0 Å². The van der Waals surface area contributed by atoms with Crippen molar-refractivity contribution >= 4 is 5.91 Å². The van der Waals surface area contributed by atoms with Gasteiger partial charge >= 0.3 is 0 Å². The van der Waals surface area contributed by atoms with E-state index in [1.807, 2.05) is 0 Å². The molecule has 1 heterocycles. The van der Waals surface area contributed by atoms with Crippen LogP contribution in [0.25, 0.3) is 0 Å². The van der Waals surface area contributed by atoms with Crippen molar-refractivity contribution in [2.45, 2.75) is 6.04 Å². The van der Waals surface area contributed by atoms with Crippen LogP contribution in [0.4, 0.5) is 0 Å². The van der Waals surface area contributed by atoms with E-state index < -0.39 is 11.9 Å². The van der Waals surface area contributed by atoms with Crippen LogP contribution in [-0.4, -0.2) is 10.9 Å². The summed E-state index contributed by atoms with van der Waals surface area (Å²) >= 11 is 0. The average Bonchev–Trinajstić information content (AvgIpc) is 2.05. The fraction of sp³-hybridized carbons (Fsp3) is 0.143. The smallest absolute Gasteiger partial charge is 0.240 e. The lowest BCUT2D eigenvalue weighted by Crippen LogP contribution is -2.28. The molecule has 4 N–H and O–H groups in total. The number of nitrogens with zero attached hydrogens (tertiary/aromatic N) is 1. The van der Waals surface area contributed by atoms with Crippen molar-refractivity contribution < 1.29 is 4.79 Å². The zero-order chi connectivity index (χ0) is 8.27. The van der Waals surface area contributed by atoms with E-state index in [1.54, 1.807) is 24.4 Å². The van der Waals surface area contributed by atoms with Gasteiger partial charge in [0.25, 0.3) is 0 Å². The highest BCUT2D eigenvalue weighted by molar-refractivity contribution is 5.80. The van der Waals surface area contributed by atoms with Crippen LogP contribution in [0.15, 0.2) is 24.4 Å². The number of nitrogens with two attached hydrogens (primary N) is 2. The Balaban J connectivity index is 2.85. The molecule has 0 bridgehead atoms. The maximum absolute atomic E-state index is 10.6. The largest absolute Gasteiger partial charge is 0.368 e. The first-order valence-electron chi connectivity index (χ1n) is 3.17. The van der Waals surface area contributed by atoms with Crippen LogP contribution >= 0.6 is 0 Å². The Labute approximate surface area is 64.2 Å². The summed E-state index contributed by atoms with van der Waals surface area (Å²) in [5.41, 5.74) is 10.9. The normalized spacial score (nSPS) is 12.5. The molecular weight excluding hydrogens is 142 g/mol. The fourth-order valence-corrected chi connectivity index (χ4v) is 0.706. The summed E-state index contributed by atoms with van der Waals surface area (Å²) in [4.78, 5) is 14.4. The van der Waals surface area contributed by atoms with Gasteiger partial charge in [-0.1, -0.05) is 6.07 Å². The molecule has 1 amide bonds. The van der Waals surface area contributed by atoms with Gasteiger partial charge in [-0.25, -0.2) is 0 Å². The van der Waals surface area contributed by atoms with Gasteiger partial charge in [0, 0.05) is 6.20 Å². The van der Waals surface area contributed by atoms with Crippen molar-refractivity contribution in [3.8, 4) is 0 Å². The van der Waals surface area contributed by atoms with Crippen molar-refractivity contribution in [2.24, 2.45) is 11.5 Å². The van der Waals surface area contributed by atoms with Gasteiger partial charge in [-0.15, -0.1) is 0 Å². The molecule has 4 nitrogen and oxygen atoms in total. The lowest BCUT2D eigenvalue weighted by molar-refractivity contribution is -0.119. The molecule has 1 rings (SSSR count). The summed E-state index contributed by atoms with van der Waals surface area (Å²) in [6.07, 6.45) is 1.57. The molecule has 0 saturated carbocycles. The van der Waals surface area contributed by atoms with E-state index in [0.717, 1.165) is 0 Å². The number of hydrogen-bond donors (Lipinski definition) is 2. The summed E-state index contributed by atoms with van der Waals surface area (Å²) in [5, 5.41) is 0. The van der Waals surface area contributed by atoms with Gasteiger partial charge in [0.15, 0.2) is 0 Å². The van der Waals surface area contributed by atoms with Crippen molar-refractivity contribution in [2.75, 3.05) is 0 Å². The van der Waals surface area contributed by atoms with E-state index in [0.29, 0.717) is 5.69 Å². The molecule has 0 radical (unpaired) electrons. The van der Waals surface area contributed by atoms with E-state index in [-0.39, 0.29) is 0 Å². The minimum atomic E-state index is -0.795. The number of carbonyl (C=O) groups excluding carboxylic acids is 1. The predicted molar refractivity (Wildman–Crippen MR) is 40.4 cm³/mol. The summed E-state index contributed by atoms with van der Waals surface area (Å²) in [6, 6.07) is 4.37. The maximum atomic E-state index is 10.6. The second-order valence-electron chi connectivity index (χ2n) is 2.13. The predicted octanol–water partition coefficient (Wildman–Crippen LogP) is -0.433. The zero-order valence-electron chi connectivity index (χ0n) is 5.90. The van der Waals surface area contributed by atoms with Crippen LogP contribution in [0, 0.1) is 0 Å². The Bertz CT molecular complexity index is 247. The van der Waals surface area contributed by atoms with E-state index in [1.165, 1.54) is 0 Å². The third-order valence-electron chi connectivity index (χ3n) is 1.31. The minimum absolute atomic E-state index is 0.500. The Morgan fingerprint density at radius 3 is 2.73 bits per heavy atom. The Morgan fingerprint density at radius 2 is 2.27 bits per heavy atom. The first-order chi connectivity index (χ1) is 5.22. The minimum Gasteiger partial charge on any atom is -0.368 e. The van der Waals surface area contributed by atoms with Crippen LogP contribution in [0.5, 0.6) is 0 Å². The number of carbonyl (C=O) groups is 1. The van der Waals surface area contributed by atoms with Crippen LogP contribution in [0.1, 0.15) is 11.7 Å². The summed E-state index contributed by atoms with van der Waals surface area (Å²) in [6.45, 7) is 0. The Morgan fingerprint density at radius 1 is 1.55 bits per heavy atom. The highest BCUT2D eigenvalue weighted by Crippen LogP contribution is 2.03. The molecular formula is C7H9N3O. The number of aromatic nitrogens is 1. The van der Waals surface area contributed by atoms with Gasteiger partial charge in [-0.2, -0.15) is 0 Å². The highest BCUT2D eigenvalue weighted by Gasteiger charge is 2.11. The fourth-order valence-electron chi connectivity index (χ4n) is 0.706. The molecule has 58 valence electrons. The van der Waals surface area contributed by atoms with Gasteiger partial charge in [0.05, 0.1) is 5.69 Å². The third-order valence-corrected chi connectivity index (χ3v) is 1.31. The number of pyridine rings is 1. The Kier molecular flexibility index (Phi) is 2.18. The summed E-state index contributed by atoms with van der Waals surface area (Å²) in [7, 11) is 0. The first kappa shape index (κ1) is 7.68. The van der Waals surface area contributed by atoms with Crippen LogP contribution < -0.4 is 11.5 Å². The topological polar surface area (TPSA) is 82.0 Å². The third kappa shape index (κ3) is 1.75. The monoisotopic (exact) mass is 151 g/mol. The molecule has 0 aliphatic rings. The summed E-state index contributed by atoms with van der Waals surface area (Å²) < 4.78 is 0. The van der Waals surface area contributed by atoms with E-state index in [2.05, 4.69) is 4.98 Å². The number of hydrogen-bond acceptors (Lipinski definition) is 3. The van der Waals surface area contributed by atoms with Crippen LogP contribution in [-0.2, 0) is 4.79 Å². The van der Waals surface area contributed by atoms with E-state index in [9.17, 15) is 4.79 Å². The quantitative estimate of drug-likeness (QED) is 0.601. The number of amides is 1. The van der Waals surface area contributed by atoms with Gasteiger partial charge < -0.3 is 11.5 Å². The molecule has 4 heteroatoms. The van der Waals surface area contributed by atoms with Crippen molar-refractivity contribution in [1.29, 1.82) is 0 Å². The lowest BCUT2D eigenvalue weighted by atomic mass is 10.2. The Hall–Kier alpha value is -1.42. The molecule has 11 heavy (non-hydrogen) atoms. The SMILES string of the molecule is NC(=O)[C@@H](N)c1ccccn1. The van der Waals surface area contributed by atoms with E-state index in [4.69, 9.17) is 11.5 Å². The standard InChI is InChI=1S/C7H9N3O/c8-6(7(9)11)5-3-1-2-4-10-5/h1-4,6H,8H2,(H2,9,11)/t6-/m0/s1. The van der Waals surface area contributed by atoms with Gasteiger partial charge in [-0.3, -0.25) is 9.78 Å². The van der Waals surface area contributed by atoms with E-state index >= 15 is 0 Å². The van der Waals surface area contributed by atoms with Crippen molar-refractivity contribution in [1.82, 2.24) is 4.98 Å². The average molecular weight is 151 g/mol. The van der Waals surface area contributed by atoms with Crippen molar-refractivity contribution in [3.05, 3.63) is 30.1 Å². The second-order valence-corrected chi connectivity index (χ2v) is 2.13. The molecule has 0 aromatic carbocycles. The molecule has 0 saturated heterocycles. The lowest BCUT2D eigenvalue weighted by Gasteiger charge is -2.04. The van der Waals surface area contributed by atoms with Gasteiger partial charge in [0.2, 0.25) is 5.91 Å². The molecule has 1 aromatic rings. The first-order valence-corrected chi connectivity index (χ1v) is 3.17. The maximum Gasteiger partial charge on any atom is 0.240 e. The highest BCUT2D eigenvalue weighted by atomic mass is 16.1. The van der Waals surface area contributed by atoms with Crippen LogP contribution in [0.2, 0.25) is 0 Å². The molecule has 0 fully saturated rings. The molecule has 1 aromatic heterocycles. The summed E-state index contributed by atoms with van der Waals surface area (Å²) in [5.74, 6) is -0.566. The van der Waals surface area contributed by atoms with Crippen LogP contribution in [0.3, 0.4) is 0 Å². The number of primary amides is 1. The molecule has 0 spiro atoms. The zero-order valence-corrected chi connectivity index (χ0v) is 5.90. The van der Waals surface area contributed by atoms with Gasteiger partial charge in [0.1, 0.15) is 6.04 Å². The molecule has 0 unspecified atom stereocenters.